The SMILES string of the molecule is CC(=O)Nc1ccc(SCC2CC(c3ccc(CO)cc3)OC(c3cccc(-c4cccc(CNC(=O)c5c(F)c(F)c(F)c(F)c5F)c4)c3)O2)cc1. The van der Waals surface area contributed by atoms with Crippen LogP contribution in [0.25, 0.3) is 11.1 Å². The Morgan fingerprint density at radius 1 is 0.755 bits per heavy atom. The lowest BCUT2D eigenvalue weighted by Gasteiger charge is -2.36. The average molecular weight is 749 g/mol. The summed E-state index contributed by atoms with van der Waals surface area (Å²) in [6, 6.07) is 29.5. The molecule has 1 aliphatic heterocycles. The maximum atomic E-state index is 14.2. The summed E-state index contributed by atoms with van der Waals surface area (Å²) < 4.78 is 82.2. The highest BCUT2D eigenvalue weighted by Gasteiger charge is 2.33. The fourth-order valence-corrected chi connectivity index (χ4v) is 6.77. The Hall–Kier alpha value is -5.08. The summed E-state index contributed by atoms with van der Waals surface area (Å²) in [4.78, 5) is 24.9. The number of carbonyl (C=O) groups excluding carboxylic acids is 2. The molecule has 0 spiro atoms. The van der Waals surface area contributed by atoms with Gasteiger partial charge < -0.3 is 25.2 Å². The van der Waals surface area contributed by atoms with E-state index in [4.69, 9.17) is 9.47 Å². The van der Waals surface area contributed by atoms with Crippen molar-refractivity contribution >= 4 is 29.3 Å². The quantitative estimate of drug-likeness (QED) is 0.0541. The first-order valence-corrected chi connectivity index (χ1v) is 17.5. The third kappa shape index (κ3) is 8.94. The van der Waals surface area contributed by atoms with Crippen molar-refractivity contribution in [3.63, 3.8) is 0 Å². The van der Waals surface area contributed by atoms with Gasteiger partial charge >= 0.3 is 0 Å². The predicted octanol–water partition coefficient (Wildman–Crippen LogP) is 8.77. The number of nitrogens with one attached hydrogen (secondary N) is 2. The van der Waals surface area contributed by atoms with Gasteiger partial charge in [0.15, 0.2) is 29.6 Å². The van der Waals surface area contributed by atoms with Crippen molar-refractivity contribution in [1.29, 1.82) is 0 Å². The van der Waals surface area contributed by atoms with Gasteiger partial charge in [0, 0.05) is 41.8 Å². The van der Waals surface area contributed by atoms with Crippen molar-refractivity contribution in [2.24, 2.45) is 0 Å². The van der Waals surface area contributed by atoms with Crippen LogP contribution >= 0.6 is 11.8 Å². The largest absolute Gasteiger partial charge is 0.392 e. The minimum Gasteiger partial charge on any atom is -0.392 e. The number of anilines is 1. The smallest absolute Gasteiger partial charge is 0.257 e. The van der Waals surface area contributed by atoms with Crippen molar-refractivity contribution in [3.05, 3.63) is 154 Å². The molecule has 13 heteroatoms. The molecule has 1 aliphatic rings. The van der Waals surface area contributed by atoms with Crippen LogP contribution in [0, 0.1) is 29.1 Å². The molecule has 1 fully saturated rings. The Kier molecular flexibility index (Phi) is 11.9. The Labute approximate surface area is 306 Å². The zero-order chi connectivity index (χ0) is 37.6. The number of rotatable bonds is 11. The lowest BCUT2D eigenvalue weighted by Crippen LogP contribution is -2.31. The average Bonchev–Trinajstić information content (AvgIpc) is 3.18. The standard InChI is InChI=1S/C40H33F5N2O5S/c1-22(49)47-29-12-14-31(15-13-29)53-21-30-18-32(25-10-8-23(20-48)9-11-25)52-40(51-30)28-7-3-6-27(17-28)26-5-2-4-24(16-26)19-46-39(50)33-34(41)36(43)38(45)37(44)35(33)42/h2-17,30,32,40,48H,18-21H2,1H3,(H,46,50)(H,47,49). The molecule has 0 aliphatic carbocycles. The van der Waals surface area contributed by atoms with Crippen LogP contribution in [0.15, 0.2) is 102 Å². The van der Waals surface area contributed by atoms with Crippen molar-refractivity contribution < 1.29 is 46.1 Å². The molecule has 3 unspecified atom stereocenters. The fourth-order valence-electron chi connectivity index (χ4n) is 5.85. The van der Waals surface area contributed by atoms with Crippen molar-refractivity contribution in [2.45, 2.75) is 49.9 Å². The maximum absolute atomic E-state index is 14.2. The molecule has 5 aromatic carbocycles. The second-order valence-corrected chi connectivity index (χ2v) is 13.4. The predicted molar refractivity (Wildman–Crippen MR) is 189 cm³/mol. The number of aliphatic hydroxyl groups excluding tert-OH is 1. The number of benzene rings is 5. The van der Waals surface area contributed by atoms with Crippen LogP contribution in [0.4, 0.5) is 27.6 Å². The highest BCUT2D eigenvalue weighted by molar-refractivity contribution is 7.99. The molecule has 5 aromatic rings. The third-order valence-corrected chi connectivity index (χ3v) is 9.68. The number of hydrogen-bond donors (Lipinski definition) is 3. The van der Waals surface area contributed by atoms with Gasteiger partial charge in [0.2, 0.25) is 11.7 Å². The van der Waals surface area contributed by atoms with E-state index in [1.54, 1.807) is 30.0 Å². The second kappa shape index (κ2) is 16.7. The number of halogens is 5. The maximum Gasteiger partial charge on any atom is 0.257 e. The molecular weight excluding hydrogens is 716 g/mol. The van der Waals surface area contributed by atoms with Gasteiger partial charge in [0.1, 0.15) is 5.56 Å². The lowest BCUT2D eigenvalue weighted by atomic mass is 9.99. The van der Waals surface area contributed by atoms with E-state index < -0.39 is 46.8 Å². The van der Waals surface area contributed by atoms with E-state index in [2.05, 4.69) is 10.6 Å². The number of thioether (sulfide) groups is 1. The van der Waals surface area contributed by atoms with Crippen LogP contribution in [0.5, 0.6) is 0 Å². The molecule has 2 amide bonds. The van der Waals surface area contributed by atoms with Gasteiger partial charge in [0.25, 0.3) is 5.91 Å². The Morgan fingerprint density at radius 2 is 1.40 bits per heavy atom. The Balaban J connectivity index is 1.19. The molecule has 1 heterocycles. The minimum absolute atomic E-state index is 0.0801. The summed E-state index contributed by atoms with van der Waals surface area (Å²) in [6.45, 7) is 1.11. The summed E-state index contributed by atoms with van der Waals surface area (Å²) in [5.41, 5.74) is 3.58. The zero-order valence-electron chi connectivity index (χ0n) is 28.2. The normalized spacial score (nSPS) is 17.0. The van der Waals surface area contributed by atoms with Gasteiger partial charge in [-0.3, -0.25) is 9.59 Å². The summed E-state index contributed by atoms with van der Waals surface area (Å²) in [5.74, 6) is -12.2. The minimum atomic E-state index is -2.34. The number of hydrogen-bond acceptors (Lipinski definition) is 6. The Bertz CT molecular complexity index is 2090. The van der Waals surface area contributed by atoms with E-state index in [1.165, 1.54) is 6.92 Å². The van der Waals surface area contributed by atoms with E-state index >= 15 is 0 Å². The van der Waals surface area contributed by atoms with Crippen LogP contribution in [0.1, 0.15) is 58.4 Å². The monoisotopic (exact) mass is 748 g/mol. The number of amides is 2. The van der Waals surface area contributed by atoms with Crippen LogP contribution in [-0.2, 0) is 27.4 Å². The molecule has 6 rings (SSSR count). The molecule has 7 nitrogen and oxygen atoms in total. The molecule has 274 valence electrons. The van der Waals surface area contributed by atoms with Gasteiger partial charge in [-0.1, -0.05) is 60.7 Å². The second-order valence-electron chi connectivity index (χ2n) is 12.3. The van der Waals surface area contributed by atoms with Gasteiger partial charge in [-0.05, 0) is 64.2 Å². The number of aliphatic hydroxyl groups is 1. The fraction of sp³-hybridized carbons (Fsp3) is 0.200. The third-order valence-electron chi connectivity index (χ3n) is 8.53. The van der Waals surface area contributed by atoms with E-state index in [0.29, 0.717) is 23.4 Å². The molecular formula is C40H33F5N2O5S. The van der Waals surface area contributed by atoms with Crippen LogP contribution < -0.4 is 10.6 Å². The molecule has 1 saturated heterocycles. The van der Waals surface area contributed by atoms with Crippen LogP contribution in [0.3, 0.4) is 0 Å². The molecule has 0 aromatic heterocycles. The molecule has 53 heavy (non-hydrogen) atoms. The van der Waals surface area contributed by atoms with Crippen molar-refractivity contribution in [3.8, 4) is 11.1 Å². The lowest BCUT2D eigenvalue weighted by molar-refractivity contribution is -0.245. The topological polar surface area (TPSA) is 96.9 Å². The summed E-state index contributed by atoms with van der Waals surface area (Å²) in [6.07, 6.45) is -0.709. The van der Waals surface area contributed by atoms with Gasteiger partial charge in [-0.25, -0.2) is 22.0 Å². The van der Waals surface area contributed by atoms with Crippen molar-refractivity contribution in [2.75, 3.05) is 11.1 Å². The Morgan fingerprint density at radius 3 is 2.06 bits per heavy atom. The van der Waals surface area contributed by atoms with Crippen molar-refractivity contribution in [1.82, 2.24) is 5.32 Å². The molecule has 3 atom stereocenters. The van der Waals surface area contributed by atoms with Gasteiger partial charge in [-0.2, -0.15) is 0 Å². The summed E-state index contributed by atoms with van der Waals surface area (Å²) >= 11 is 1.61. The van der Waals surface area contributed by atoms with Crippen LogP contribution in [0.2, 0.25) is 0 Å². The zero-order valence-corrected chi connectivity index (χ0v) is 29.0. The van der Waals surface area contributed by atoms with E-state index in [1.807, 2.05) is 78.9 Å². The highest BCUT2D eigenvalue weighted by atomic mass is 32.2. The van der Waals surface area contributed by atoms with E-state index in [9.17, 15) is 36.6 Å². The van der Waals surface area contributed by atoms with E-state index in [0.717, 1.165) is 32.7 Å². The highest BCUT2D eigenvalue weighted by Crippen LogP contribution is 2.40. The first kappa shape index (κ1) is 37.7. The molecule has 0 radical (unpaired) electrons. The molecule has 0 bridgehead atoms. The molecule has 0 saturated carbocycles. The van der Waals surface area contributed by atoms with Crippen LogP contribution in [-0.4, -0.2) is 28.8 Å². The summed E-state index contributed by atoms with van der Waals surface area (Å²) in [5, 5.41) is 14.5. The van der Waals surface area contributed by atoms with Gasteiger partial charge in [0.05, 0.1) is 18.8 Å². The first-order valence-electron chi connectivity index (χ1n) is 16.5. The summed E-state index contributed by atoms with van der Waals surface area (Å²) in [7, 11) is 0. The first-order chi connectivity index (χ1) is 25.5. The molecule has 3 N–H and O–H groups in total. The number of carbonyl (C=O) groups is 2. The van der Waals surface area contributed by atoms with E-state index in [-0.39, 0.29) is 31.3 Å². The van der Waals surface area contributed by atoms with Gasteiger partial charge in [-0.15, -0.1) is 11.8 Å². The number of ether oxygens (including phenoxy) is 2.